The molecule has 0 aliphatic heterocycles. The van der Waals surface area contributed by atoms with Crippen molar-refractivity contribution in [1.29, 1.82) is 0 Å². The van der Waals surface area contributed by atoms with Gasteiger partial charge in [-0.05, 0) is 12.1 Å². The van der Waals surface area contributed by atoms with E-state index in [1.807, 2.05) is 0 Å². The lowest BCUT2D eigenvalue weighted by atomic mass is 10.2. The monoisotopic (exact) mass is 331 g/mol. The molecule has 0 unspecified atom stereocenters. The van der Waals surface area contributed by atoms with Crippen molar-refractivity contribution >= 4 is 23.4 Å². The van der Waals surface area contributed by atoms with Crippen LogP contribution in [0.15, 0.2) is 30.3 Å². The lowest BCUT2D eigenvalue weighted by Crippen LogP contribution is -2.12. The summed E-state index contributed by atoms with van der Waals surface area (Å²) in [5.41, 5.74) is 4.67. The summed E-state index contributed by atoms with van der Waals surface area (Å²) in [6.45, 7) is 0. The summed E-state index contributed by atoms with van der Waals surface area (Å²) in [7, 11) is 0. The summed E-state index contributed by atoms with van der Waals surface area (Å²) in [4.78, 5) is 10.6. The number of rotatable bonds is 3. The molecule has 1 aromatic carbocycles. The predicted octanol–water partition coefficient (Wildman–Crippen LogP) is 2.58. The van der Waals surface area contributed by atoms with Crippen molar-refractivity contribution in [2.24, 2.45) is 5.73 Å². The van der Waals surface area contributed by atoms with Crippen LogP contribution in [-0.2, 0) is 6.18 Å². The molecule has 0 aliphatic carbocycles. The molecule has 0 fully saturated rings. The Kier molecular flexibility index (Phi) is 4.04. The van der Waals surface area contributed by atoms with Crippen LogP contribution < -0.4 is 10.5 Å². The number of benzene rings is 1. The molecule has 2 rings (SSSR count). The summed E-state index contributed by atoms with van der Waals surface area (Å²) in [6, 6.07) is 6.30. The van der Waals surface area contributed by atoms with Gasteiger partial charge in [-0.1, -0.05) is 24.4 Å². The predicted molar refractivity (Wildman–Crippen MR) is 73.1 cm³/mol. The van der Waals surface area contributed by atoms with Crippen LogP contribution in [0.4, 0.5) is 18.0 Å². The molecule has 0 bridgehead atoms. The Bertz CT molecular complexity index is 743. The van der Waals surface area contributed by atoms with Gasteiger partial charge in [-0.3, -0.25) is 0 Å². The number of hydrogen-bond acceptors (Lipinski definition) is 4. The average molecular weight is 331 g/mol. The Morgan fingerprint density at radius 1 is 1.36 bits per heavy atom. The normalized spacial score (nSPS) is 11.2. The third-order valence-corrected chi connectivity index (χ3v) is 2.77. The summed E-state index contributed by atoms with van der Waals surface area (Å²) in [6.07, 6.45) is -6.51. The molecule has 0 saturated heterocycles. The van der Waals surface area contributed by atoms with E-state index in [0.29, 0.717) is 16.3 Å². The van der Waals surface area contributed by atoms with Crippen LogP contribution >= 0.6 is 12.2 Å². The van der Waals surface area contributed by atoms with E-state index in [9.17, 15) is 18.0 Å². The highest BCUT2D eigenvalue weighted by Crippen LogP contribution is 2.32. The number of carbonyl (C=O) groups is 1. The van der Waals surface area contributed by atoms with Crippen molar-refractivity contribution in [3.8, 4) is 11.6 Å². The fourth-order valence-corrected chi connectivity index (χ4v) is 1.77. The minimum absolute atomic E-state index is 0.0331. The van der Waals surface area contributed by atoms with Gasteiger partial charge in [0.1, 0.15) is 4.99 Å². The molecule has 0 atom stereocenters. The molecule has 1 heterocycles. The largest absolute Gasteiger partial charge is 0.512 e. The van der Waals surface area contributed by atoms with E-state index in [1.54, 1.807) is 6.07 Å². The molecule has 3 N–H and O–H groups in total. The fourth-order valence-electron chi connectivity index (χ4n) is 1.64. The van der Waals surface area contributed by atoms with Crippen LogP contribution in [-0.4, -0.2) is 26.0 Å². The number of alkyl halides is 3. The molecule has 0 spiro atoms. The zero-order valence-electron chi connectivity index (χ0n) is 10.7. The summed E-state index contributed by atoms with van der Waals surface area (Å²) >= 11 is 4.78. The quantitative estimate of drug-likeness (QED) is 0.664. The molecule has 6 nitrogen and oxygen atoms in total. The van der Waals surface area contributed by atoms with E-state index in [2.05, 4.69) is 9.84 Å². The Morgan fingerprint density at radius 2 is 2.05 bits per heavy atom. The topological polar surface area (TPSA) is 90.4 Å². The van der Waals surface area contributed by atoms with E-state index >= 15 is 0 Å². The van der Waals surface area contributed by atoms with E-state index in [0.717, 1.165) is 0 Å². The summed E-state index contributed by atoms with van der Waals surface area (Å²) in [5.74, 6) is -0.597. The first-order valence-corrected chi connectivity index (χ1v) is 6.07. The molecule has 22 heavy (non-hydrogen) atoms. The molecule has 0 radical (unpaired) electrons. The van der Waals surface area contributed by atoms with Gasteiger partial charge in [-0.15, -0.1) is 0 Å². The zero-order chi connectivity index (χ0) is 16.5. The van der Waals surface area contributed by atoms with Gasteiger partial charge in [0, 0.05) is 11.6 Å². The van der Waals surface area contributed by atoms with Gasteiger partial charge in [-0.2, -0.15) is 23.0 Å². The fraction of sp³-hybridized carbons (Fsp3) is 0.0833. The van der Waals surface area contributed by atoms with Crippen molar-refractivity contribution in [3.05, 3.63) is 41.6 Å². The lowest BCUT2D eigenvalue weighted by molar-refractivity contribution is -0.141. The highest BCUT2D eigenvalue weighted by atomic mass is 32.1. The lowest BCUT2D eigenvalue weighted by Gasteiger charge is -2.07. The molecule has 0 aliphatic rings. The summed E-state index contributed by atoms with van der Waals surface area (Å²) < 4.78 is 43.2. The molecular formula is C12H8F3N3O3S. The number of aromatic nitrogens is 2. The van der Waals surface area contributed by atoms with E-state index in [4.69, 9.17) is 23.1 Å². The standard InChI is InChI=1S/C12H8F3N3O3S/c13-12(14,15)8-5-9(21-11(19)20)18(17-8)7-3-1-2-6(4-7)10(16)22/h1-5H,(H2,16,22)(H,19,20). The first-order valence-electron chi connectivity index (χ1n) is 5.67. The van der Waals surface area contributed by atoms with Crippen molar-refractivity contribution in [2.45, 2.75) is 6.18 Å². The van der Waals surface area contributed by atoms with Crippen molar-refractivity contribution in [3.63, 3.8) is 0 Å². The molecule has 10 heteroatoms. The van der Waals surface area contributed by atoms with Crippen molar-refractivity contribution in [1.82, 2.24) is 9.78 Å². The van der Waals surface area contributed by atoms with Crippen molar-refractivity contribution < 1.29 is 27.8 Å². The Hall–Kier alpha value is -2.62. The van der Waals surface area contributed by atoms with Crippen molar-refractivity contribution in [2.75, 3.05) is 0 Å². The second-order valence-corrected chi connectivity index (χ2v) is 4.50. The highest BCUT2D eigenvalue weighted by Gasteiger charge is 2.36. The maximum atomic E-state index is 12.7. The highest BCUT2D eigenvalue weighted by molar-refractivity contribution is 7.80. The van der Waals surface area contributed by atoms with E-state index in [-0.39, 0.29) is 10.7 Å². The maximum Gasteiger partial charge on any atom is 0.512 e. The SMILES string of the molecule is NC(=S)c1cccc(-n2nc(C(F)(F)F)cc2OC(=O)O)c1. The summed E-state index contributed by atoms with van der Waals surface area (Å²) in [5, 5.41) is 11.9. The van der Waals surface area contributed by atoms with Crippen LogP contribution in [0.1, 0.15) is 11.3 Å². The van der Waals surface area contributed by atoms with Gasteiger partial charge < -0.3 is 15.6 Å². The minimum Gasteiger partial charge on any atom is -0.449 e. The molecular weight excluding hydrogens is 323 g/mol. The molecule has 116 valence electrons. The maximum absolute atomic E-state index is 12.7. The third kappa shape index (κ3) is 3.34. The molecule has 1 aromatic heterocycles. The average Bonchev–Trinajstić information content (AvgIpc) is 2.82. The van der Waals surface area contributed by atoms with Gasteiger partial charge in [0.25, 0.3) is 0 Å². The van der Waals surface area contributed by atoms with Gasteiger partial charge >= 0.3 is 12.3 Å². The number of nitrogens with zero attached hydrogens (tertiary/aromatic N) is 2. The van der Waals surface area contributed by atoms with Gasteiger partial charge in [0.15, 0.2) is 5.69 Å². The first-order chi connectivity index (χ1) is 10.2. The Morgan fingerprint density at radius 3 is 2.59 bits per heavy atom. The number of nitrogens with two attached hydrogens (primary N) is 1. The van der Waals surface area contributed by atoms with Crippen LogP contribution in [0, 0.1) is 0 Å². The van der Waals surface area contributed by atoms with Gasteiger partial charge in [0.05, 0.1) is 5.69 Å². The second kappa shape index (κ2) is 5.64. The molecule has 2 aromatic rings. The third-order valence-electron chi connectivity index (χ3n) is 2.53. The number of halogens is 3. The minimum atomic E-state index is -4.75. The van der Waals surface area contributed by atoms with Crippen LogP contribution in [0.5, 0.6) is 5.88 Å². The number of carboxylic acid groups (broad SMARTS) is 1. The van der Waals surface area contributed by atoms with Crippen LogP contribution in [0.25, 0.3) is 5.69 Å². The molecule has 0 amide bonds. The number of hydrogen-bond donors (Lipinski definition) is 2. The first kappa shape index (κ1) is 15.8. The second-order valence-electron chi connectivity index (χ2n) is 4.06. The van der Waals surface area contributed by atoms with Crippen LogP contribution in [0.3, 0.4) is 0 Å². The van der Waals surface area contributed by atoms with Crippen LogP contribution in [0.2, 0.25) is 0 Å². The zero-order valence-corrected chi connectivity index (χ0v) is 11.5. The smallest absolute Gasteiger partial charge is 0.449 e. The molecule has 0 saturated carbocycles. The number of ether oxygens (including phenoxy) is 1. The Labute approximate surface area is 126 Å². The van der Waals surface area contributed by atoms with Gasteiger partial charge in [-0.25, -0.2) is 4.79 Å². The van der Waals surface area contributed by atoms with E-state index in [1.165, 1.54) is 18.2 Å². The van der Waals surface area contributed by atoms with Gasteiger partial charge in [0.2, 0.25) is 5.88 Å². The number of thiocarbonyl (C=S) groups is 1. The Balaban J connectivity index is 2.57. The van der Waals surface area contributed by atoms with E-state index < -0.39 is 23.9 Å².